The van der Waals surface area contributed by atoms with E-state index in [1.807, 2.05) is 0 Å². The molecule has 0 bridgehead atoms. The molecule has 0 atom stereocenters. The Labute approximate surface area is 142 Å². The number of aliphatic hydroxyl groups excluding tert-OH is 1. The Morgan fingerprint density at radius 2 is 2.00 bits per heavy atom. The fourth-order valence-corrected chi connectivity index (χ4v) is 2.70. The molecule has 0 radical (unpaired) electrons. The first-order chi connectivity index (χ1) is 11.1. The molecule has 136 valence electrons. The normalized spacial score (nSPS) is 15.8. The van der Waals surface area contributed by atoms with Gasteiger partial charge in [0.25, 0.3) is 0 Å². The molecule has 0 saturated heterocycles. The van der Waals surface area contributed by atoms with Crippen LogP contribution in [0, 0.1) is 11.3 Å². The molecular formula is C18H37N3O2. The number of aliphatic imine (C=N–C) groups is 1. The van der Waals surface area contributed by atoms with Gasteiger partial charge in [-0.3, -0.25) is 4.99 Å². The van der Waals surface area contributed by atoms with Crippen LogP contribution in [0.25, 0.3) is 0 Å². The molecule has 1 saturated carbocycles. The van der Waals surface area contributed by atoms with Crippen molar-refractivity contribution in [2.24, 2.45) is 16.3 Å². The van der Waals surface area contributed by atoms with Crippen LogP contribution in [0.1, 0.15) is 52.9 Å². The summed E-state index contributed by atoms with van der Waals surface area (Å²) in [4.78, 5) is 6.98. The largest absolute Gasteiger partial charge is 0.396 e. The number of hydrogen-bond acceptors (Lipinski definition) is 3. The SMILES string of the molecule is CCNC(=NCC(CC)(CC)CCO)N(C)CCOCC1CC1. The lowest BCUT2D eigenvalue weighted by Gasteiger charge is -2.30. The van der Waals surface area contributed by atoms with E-state index in [2.05, 4.69) is 38.0 Å². The Balaban J connectivity index is 2.51. The van der Waals surface area contributed by atoms with Gasteiger partial charge in [-0.1, -0.05) is 13.8 Å². The molecule has 0 aliphatic heterocycles. The molecule has 0 amide bonds. The van der Waals surface area contributed by atoms with Gasteiger partial charge in [-0.2, -0.15) is 0 Å². The van der Waals surface area contributed by atoms with E-state index in [-0.39, 0.29) is 12.0 Å². The molecule has 0 spiro atoms. The summed E-state index contributed by atoms with van der Waals surface area (Å²) in [5.41, 5.74) is 0.110. The van der Waals surface area contributed by atoms with Gasteiger partial charge in [0.1, 0.15) is 0 Å². The minimum atomic E-state index is 0.110. The molecular weight excluding hydrogens is 290 g/mol. The molecule has 0 aromatic rings. The van der Waals surface area contributed by atoms with Crippen LogP contribution in [-0.2, 0) is 4.74 Å². The number of ether oxygens (including phenoxy) is 1. The Hall–Kier alpha value is -0.810. The van der Waals surface area contributed by atoms with Crippen LogP contribution in [-0.4, -0.2) is 62.5 Å². The van der Waals surface area contributed by atoms with Crippen LogP contribution in [0.5, 0.6) is 0 Å². The summed E-state index contributed by atoms with van der Waals surface area (Å²) < 4.78 is 5.73. The van der Waals surface area contributed by atoms with Gasteiger partial charge in [-0.15, -0.1) is 0 Å². The van der Waals surface area contributed by atoms with Gasteiger partial charge in [0.05, 0.1) is 6.61 Å². The lowest BCUT2D eigenvalue weighted by atomic mass is 9.79. The molecule has 0 aromatic heterocycles. The van der Waals surface area contributed by atoms with Crippen molar-refractivity contribution >= 4 is 5.96 Å². The fourth-order valence-electron chi connectivity index (χ4n) is 2.70. The molecule has 23 heavy (non-hydrogen) atoms. The second kappa shape index (κ2) is 10.9. The van der Waals surface area contributed by atoms with E-state index >= 15 is 0 Å². The summed E-state index contributed by atoms with van der Waals surface area (Å²) in [6, 6.07) is 0. The number of nitrogens with one attached hydrogen (secondary N) is 1. The van der Waals surface area contributed by atoms with E-state index in [9.17, 15) is 5.11 Å². The van der Waals surface area contributed by atoms with Crippen molar-refractivity contribution < 1.29 is 9.84 Å². The number of likely N-dealkylation sites (N-methyl/N-ethyl adjacent to an activating group) is 1. The number of guanidine groups is 1. The number of aliphatic hydroxyl groups is 1. The maximum Gasteiger partial charge on any atom is 0.193 e. The first-order valence-corrected chi connectivity index (χ1v) is 9.28. The predicted molar refractivity (Wildman–Crippen MR) is 96.9 cm³/mol. The van der Waals surface area contributed by atoms with Gasteiger partial charge in [-0.05, 0) is 50.4 Å². The van der Waals surface area contributed by atoms with E-state index in [1.165, 1.54) is 12.8 Å². The molecule has 2 N–H and O–H groups in total. The highest BCUT2D eigenvalue weighted by molar-refractivity contribution is 5.79. The van der Waals surface area contributed by atoms with Gasteiger partial charge in [0, 0.05) is 39.9 Å². The van der Waals surface area contributed by atoms with Crippen LogP contribution in [0.2, 0.25) is 0 Å². The molecule has 1 aliphatic carbocycles. The molecule has 1 rings (SSSR count). The third-order valence-corrected chi connectivity index (χ3v) is 5.02. The van der Waals surface area contributed by atoms with Crippen molar-refractivity contribution in [3.63, 3.8) is 0 Å². The Bertz CT molecular complexity index is 339. The van der Waals surface area contributed by atoms with Gasteiger partial charge in [-0.25, -0.2) is 0 Å². The van der Waals surface area contributed by atoms with Crippen molar-refractivity contribution in [3.8, 4) is 0 Å². The molecule has 1 fully saturated rings. The maximum absolute atomic E-state index is 9.34. The highest BCUT2D eigenvalue weighted by Gasteiger charge is 2.25. The van der Waals surface area contributed by atoms with Crippen molar-refractivity contribution in [2.75, 3.05) is 46.5 Å². The smallest absolute Gasteiger partial charge is 0.193 e. The minimum absolute atomic E-state index is 0.110. The second-order valence-electron chi connectivity index (χ2n) is 6.79. The van der Waals surface area contributed by atoms with Gasteiger partial charge in [0.2, 0.25) is 0 Å². The summed E-state index contributed by atoms with van der Waals surface area (Å²) in [5.74, 6) is 1.75. The Kier molecular flexibility index (Phi) is 9.56. The lowest BCUT2D eigenvalue weighted by Crippen LogP contribution is -2.41. The monoisotopic (exact) mass is 327 g/mol. The lowest BCUT2D eigenvalue weighted by molar-refractivity contribution is 0.115. The van der Waals surface area contributed by atoms with Crippen LogP contribution in [0.3, 0.4) is 0 Å². The summed E-state index contributed by atoms with van der Waals surface area (Å²) in [6.45, 7) is 10.8. The quantitative estimate of drug-likeness (QED) is 0.328. The average molecular weight is 328 g/mol. The zero-order chi connectivity index (χ0) is 17.1. The van der Waals surface area contributed by atoms with E-state index in [0.29, 0.717) is 0 Å². The third-order valence-electron chi connectivity index (χ3n) is 5.02. The van der Waals surface area contributed by atoms with Gasteiger partial charge in [0.15, 0.2) is 5.96 Å². The van der Waals surface area contributed by atoms with Crippen molar-refractivity contribution in [1.29, 1.82) is 0 Å². The van der Waals surface area contributed by atoms with Crippen LogP contribution >= 0.6 is 0 Å². The van der Waals surface area contributed by atoms with E-state index < -0.39 is 0 Å². The molecule has 5 nitrogen and oxygen atoms in total. The Morgan fingerprint density at radius 3 is 2.52 bits per heavy atom. The third kappa shape index (κ3) is 7.53. The molecule has 1 aliphatic rings. The van der Waals surface area contributed by atoms with E-state index in [0.717, 1.165) is 64.0 Å². The topological polar surface area (TPSA) is 57.1 Å². The molecule has 0 unspecified atom stereocenters. The second-order valence-corrected chi connectivity index (χ2v) is 6.79. The van der Waals surface area contributed by atoms with Gasteiger partial charge >= 0.3 is 0 Å². The summed E-state index contributed by atoms with van der Waals surface area (Å²) >= 11 is 0. The highest BCUT2D eigenvalue weighted by Crippen LogP contribution is 2.30. The molecule has 5 heteroatoms. The van der Waals surface area contributed by atoms with E-state index in [4.69, 9.17) is 9.73 Å². The minimum Gasteiger partial charge on any atom is -0.396 e. The summed E-state index contributed by atoms with van der Waals surface area (Å²) in [6.07, 6.45) is 5.57. The summed E-state index contributed by atoms with van der Waals surface area (Å²) in [7, 11) is 2.06. The zero-order valence-corrected chi connectivity index (χ0v) is 15.6. The number of nitrogens with zero attached hydrogens (tertiary/aromatic N) is 2. The average Bonchev–Trinajstić information content (AvgIpc) is 3.38. The number of hydrogen-bond donors (Lipinski definition) is 2. The molecule has 0 aromatic carbocycles. The zero-order valence-electron chi connectivity index (χ0n) is 15.6. The van der Waals surface area contributed by atoms with Crippen LogP contribution in [0.15, 0.2) is 4.99 Å². The number of rotatable bonds is 12. The van der Waals surface area contributed by atoms with Gasteiger partial charge < -0.3 is 20.1 Å². The molecule has 0 heterocycles. The predicted octanol–water partition coefficient (Wildman–Crippen LogP) is 2.50. The first-order valence-electron chi connectivity index (χ1n) is 9.28. The van der Waals surface area contributed by atoms with Crippen molar-refractivity contribution in [2.45, 2.75) is 52.9 Å². The maximum atomic E-state index is 9.34. The van der Waals surface area contributed by atoms with Crippen LogP contribution < -0.4 is 5.32 Å². The van der Waals surface area contributed by atoms with Crippen molar-refractivity contribution in [3.05, 3.63) is 0 Å². The summed E-state index contributed by atoms with van der Waals surface area (Å²) in [5, 5.41) is 12.7. The standard InChI is InChI=1S/C18H37N3O2/c1-5-18(6-2,10-12-22)15-20-17(19-7-3)21(4)11-13-23-14-16-8-9-16/h16,22H,5-15H2,1-4H3,(H,19,20). The van der Waals surface area contributed by atoms with Crippen molar-refractivity contribution in [1.82, 2.24) is 10.2 Å². The fraction of sp³-hybridized carbons (Fsp3) is 0.944. The highest BCUT2D eigenvalue weighted by atomic mass is 16.5. The van der Waals surface area contributed by atoms with Crippen LogP contribution in [0.4, 0.5) is 0 Å². The first kappa shape index (κ1) is 20.2. The van der Waals surface area contributed by atoms with E-state index in [1.54, 1.807) is 0 Å². The Morgan fingerprint density at radius 1 is 1.30 bits per heavy atom.